The van der Waals surface area contributed by atoms with Crippen molar-refractivity contribution in [3.05, 3.63) is 11.6 Å². The normalized spacial score (nSPS) is 14.2. The number of carbonyl (C=O) groups is 1. The van der Waals surface area contributed by atoms with Gasteiger partial charge in [0.1, 0.15) is 6.61 Å². The van der Waals surface area contributed by atoms with Crippen LogP contribution in [0, 0.1) is 0 Å². The van der Waals surface area contributed by atoms with Crippen LogP contribution in [0.3, 0.4) is 0 Å². The van der Waals surface area contributed by atoms with E-state index >= 15 is 0 Å². The highest BCUT2D eigenvalue weighted by Gasteiger charge is 2.07. The SMILES string of the molecule is C/C=C(\C)C(=O)OCC(O)CC. The molecule has 0 radical (unpaired) electrons. The van der Waals surface area contributed by atoms with Crippen LogP contribution < -0.4 is 0 Å². The van der Waals surface area contributed by atoms with Crippen molar-refractivity contribution < 1.29 is 14.6 Å². The molecule has 3 heteroatoms. The van der Waals surface area contributed by atoms with Crippen molar-refractivity contribution in [1.29, 1.82) is 0 Å². The minimum absolute atomic E-state index is 0.0838. The van der Waals surface area contributed by atoms with Gasteiger partial charge in [0, 0.05) is 5.57 Å². The third-order valence-corrected chi connectivity index (χ3v) is 1.63. The Morgan fingerprint density at radius 2 is 2.25 bits per heavy atom. The molecule has 1 unspecified atom stereocenters. The predicted molar refractivity (Wildman–Crippen MR) is 46.7 cm³/mol. The molecule has 12 heavy (non-hydrogen) atoms. The summed E-state index contributed by atoms with van der Waals surface area (Å²) >= 11 is 0. The van der Waals surface area contributed by atoms with E-state index in [1.165, 1.54) is 0 Å². The first-order valence-corrected chi connectivity index (χ1v) is 4.09. The fraction of sp³-hybridized carbons (Fsp3) is 0.667. The van der Waals surface area contributed by atoms with E-state index < -0.39 is 6.10 Å². The van der Waals surface area contributed by atoms with E-state index in [1.807, 2.05) is 6.92 Å². The molecule has 70 valence electrons. The molecule has 0 saturated carbocycles. The molecule has 3 nitrogen and oxygen atoms in total. The van der Waals surface area contributed by atoms with Crippen LogP contribution in [0.2, 0.25) is 0 Å². The van der Waals surface area contributed by atoms with Crippen molar-refractivity contribution >= 4 is 5.97 Å². The Kier molecular flexibility index (Phi) is 5.37. The van der Waals surface area contributed by atoms with Crippen LogP contribution >= 0.6 is 0 Å². The van der Waals surface area contributed by atoms with Crippen LogP contribution in [0.1, 0.15) is 27.2 Å². The molecule has 0 spiro atoms. The lowest BCUT2D eigenvalue weighted by Crippen LogP contribution is -2.17. The molecular weight excluding hydrogens is 156 g/mol. The van der Waals surface area contributed by atoms with Crippen molar-refractivity contribution in [2.75, 3.05) is 6.61 Å². The van der Waals surface area contributed by atoms with Gasteiger partial charge < -0.3 is 9.84 Å². The number of hydrogen-bond donors (Lipinski definition) is 1. The summed E-state index contributed by atoms with van der Waals surface area (Å²) in [6.07, 6.45) is 1.74. The Bertz CT molecular complexity index is 173. The largest absolute Gasteiger partial charge is 0.460 e. The lowest BCUT2D eigenvalue weighted by molar-refractivity contribution is -0.141. The molecule has 0 aromatic rings. The third-order valence-electron chi connectivity index (χ3n) is 1.63. The van der Waals surface area contributed by atoms with Gasteiger partial charge in [-0.2, -0.15) is 0 Å². The standard InChI is InChI=1S/C9H16O3/c1-4-7(3)9(11)12-6-8(10)5-2/h4,8,10H,5-6H2,1-3H3/b7-4+. The van der Waals surface area contributed by atoms with Crippen LogP contribution in [0.25, 0.3) is 0 Å². The van der Waals surface area contributed by atoms with Gasteiger partial charge in [-0.15, -0.1) is 0 Å². The first-order valence-electron chi connectivity index (χ1n) is 4.09. The van der Waals surface area contributed by atoms with E-state index in [9.17, 15) is 4.79 Å². The number of rotatable bonds is 4. The summed E-state index contributed by atoms with van der Waals surface area (Å²) in [6.45, 7) is 5.37. The van der Waals surface area contributed by atoms with E-state index in [4.69, 9.17) is 9.84 Å². The van der Waals surface area contributed by atoms with Crippen LogP contribution in [0.5, 0.6) is 0 Å². The first kappa shape index (κ1) is 11.2. The molecule has 1 N–H and O–H groups in total. The summed E-state index contributed by atoms with van der Waals surface area (Å²) in [6, 6.07) is 0. The van der Waals surface area contributed by atoms with Crippen molar-refractivity contribution in [2.24, 2.45) is 0 Å². The van der Waals surface area contributed by atoms with Crippen molar-refractivity contribution in [3.63, 3.8) is 0 Å². The maximum absolute atomic E-state index is 11.0. The summed E-state index contributed by atoms with van der Waals surface area (Å²) < 4.78 is 4.79. The summed E-state index contributed by atoms with van der Waals surface area (Å²) in [5, 5.41) is 9.06. The molecule has 1 atom stereocenters. The average molecular weight is 172 g/mol. The van der Waals surface area contributed by atoms with Crippen molar-refractivity contribution in [2.45, 2.75) is 33.3 Å². The van der Waals surface area contributed by atoms with Gasteiger partial charge in [-0.05, 0) is 20.3 Å². The number of hydrogen-bond acceptors (Lipinski definition) is 3. The van der Waals surface area contributed by atoms with Crippen LogP contribution in [-0.2, 0) is 9.53 Å². The molecule has 0 aromatic carbocycles. The quantitative estimate of drug-likeness (QED) is 0.513. The average Bonchev–Trinajstić information content (AvgIpc) is 2.11. The number of allylic oxidation sites excluding steroid dienone is 1. The molecule has 0 fully saturated rings. The number of aliphatic hydroxyl groups is 1. The predicted octanol–water partition coefficient (Wildman–Crippen LogP) is 1.27. The molecule has 0 aliphatic heterocycles. The number of esters is 1. The van der Waals surface area contributed by atoms with Crippen LogP contribution in [-0.4, -0.2) is 23.8 Å². The van der Waals surface area contributed by atoms with Gasteiger partial charge in [0.25, 0.3) is 0 Å². The molecule has 0 aliphatic carbocycles. The molecule has 0 aromatic heterocycles. The minimum atomic E-state index is -0.543. The number of carbonyl (C=O) groups excluding carboxylic acids is 1. The monoisotopic (exact) mass is 172 g/mol. The molecule has 0 bridgehead atoms. The number of aliphatic hydroxyl groups excluding tert-OH is 1. The molecule has 0 aliphatic rings. The summed E-state index contributed by atoms with van der Waals surface area (Å²) in [7, 11) is 0. The third kappa shape index (κ3) is 4.13. The Balaban J connectivity index is 3.72. The Morgan fingerprint density at radius 3 is 2.67 bits per heavy atom. The minimum Gasteiger partial charge on any atom is -0.460 e. The molecule has 0 rings (SSSR count). The highest BCUT2D eigenvalue weighted by atomic mass is 16.5. The Hall–Kier alpha value is -0.830. The van der Waals surface area contributed by atoms with Gasteiger partial charge in [-0.3, -0.25) is 0 Å². The highest BCUT2D eigenvalue weighted by Crippen LogP contribution is 1.98. The van der Waals surface area contributed by atoms with Crippen LogP contribution in [0.15, 0.2) is 11.6 Å². The second kappa shape index (κ2) is 5.77. The zero-order chi connectivity index (χ0) is 9.56. The van der Waals surface area contributed by atoms with E-state index in [0.29, 0.717) is 12.0 Å². The maximum atomic E-state index is 11.0. The lowest BCUT2D eigenvalue weighted by Gasteiger charge is -2.08. The van der Waals surface area contributed by atoms with E-state index in [0.717, 1.165) is 0 Å². The fourth-order valence-corrected chi connectivity index (χ4v) is 0.521. The van der Waals surface area contributed by atoms with Crippen molar-refractivity contribution in [1.82, 2.24) is 0 Å². The second-order valence-corrected chi connectivity index (χ2v) is 2.63. The van der Waals surface area contributed by atoms with E-state index in [1.54, 1.807) is 19.9 Å². The topological polar surface area (TPSA) is 46.5 Å². The number of ether oxygens (including phenoxy) is 1. The van der Waals surface area contributed by atoms with Gasteiger partial charge in [-0.25, -0.2) is 4.79 Å². The van der Waals surface area contributed by atoms with Crippen molar-refractivity contribution in [3.8, 4) is 0 Å². The maximum Gasteiger partial charge on any atom is 0.333 e. The molecule has 0 amide bonds. The lowest BCUT2D eigenvalue weighted by atomic mass is 10.3. The highest BCUT2D eigenvalue weighted by molar-refractivity contribution is 5.87. The van der Waals surface area contributed by atoms with Gasteiger partial charge in [0.05, 0.1) is 6.10 Å². The smallest absolute Gasteiger partial charge is 0.333 e. The van der Waals surface area contributed by atoms with E-state index in [-0.39, 0.29) is 12.6 Å². The second-order valence-electron chi connectivity index (χ2n) is 2.63. The molecule has 0 heterocycles. The first-order chi connectivity index (χ1) is 5.61. The zero-order valence-electron chi connectivity index (χ0n) is 7.83. The molecule has 0 saturated heterocycles. The van der Waals surface area contributed by atoms with Gasteiger partial charge in [0.2, 0.25) is 0 Å². The van der Waals surface area contributed by atoms with Crippen LogP contribution in [0.4, 0.5) is 0 Å². The molecular formula is C9H16O3. The van der Waals surface area contributed by atoms with Gasteiger partial charge >= 0.3 is 5.97 Å². The zero-order valence-corrected chi connectivity index (χ0v) is 7.83. The Morgan fingerprint density at radius 1 is 1.67 bits per heavy atom. The fourth-order valence-electron chi connectivity index (χ4n) is 0.521. The van der Waals surface area contributed by atoms with Gasteiger partial charge in [-0.1, -0.05) is 13.0 Å². The van der Waals surface area contributed by atoms with Gasteiger partial charge in [0.15, 0.2) is 0 Å². The summed E-state index contributed by atoms with van der Waals surface area (Å²) in [4.78, 5) is 11.0. The Labute approximate surface area is 73.0 Å². The summed E-state index contributed by atoms with van der Waals surface area (Å²) in [5.41, 5.74) is 0.568. The summed E-state index contributed by atoms with van der Waals surface area (Å²) in [5.74, 6) is -0.356. The van der Waals surface area contributed by atoms with E-state index in [2.05, 4.69) is 0 Å².